The minimum Gasteiger partial charge on any atom is -0.345 e. The molecule has 2 N–H and O–H groups in total. The molecule has 0 fully saturated rings. The van der Waals surface area contributed by atoms with E-state index in [2.05, 4.69) is 0 Å². The van der Waals surface area contributed by atoms with Gasteiger partial charge in [0, 0.05) is 31.5 Å². The third-order valence-electron chi connectivity index (χ3n) is 3.68. The Morgan fingerprint density at radius 1 is 1.35 bits per heavy atom. The normalized spacial score (nSPS) is 12.3. The Morgan fingerprint density at radius 3 is 2.48 bits per heavy atom. The Balaban J connectivity index is 0.00000484. The van der Waals surface area contributed by atoms with Crippen molar-refractivity contribution in [2.45, 2.75) is 27.2 Å². The Hall–Kier alpha value is -1.46. The van der Waals surface area contributed by atoms with Gasteiger partial charge in [-0.2, -0.15) is 0 Å². The molecule has 1 rings (SSSR count). The highest BCUT2D eigenvalue weighted by Crippen LogP contribution is 2.17. The van der Waals surface area contributed by atoms with Crippen LogP contribution >= 0.6 is 12.4 Å². The third-order valence-corrected chi connectivity index (χ3v) is 3.68. The fourth-order valence-electron chi connectivity index (χ4n) is 2.23. The maximum absolute atomic E-state index is 13.2. The highest BCUT2D eigenvalue weighted by molar-refractivity contribution is 5.99. The van der Waals surface area contributed by atoms with E-state index in [-0.39, 0.29) is 35.9 Å². The van der Waals surface area contributed by atoms with Crippen molar-refractivity contribution in [3.8, 4) is 0 Å². The number of carbonyl (C=O) groups excluding carboxylic acids is 2. The Bertz CT molecular complexity index is 549. The van der Waals surface area contributed by atoms with E-state index in [0.29, 0.717) is 18.7 Å². The molecule has 1 aromatic carbocycles. The minimum absolute atomic E-state index is 0. The number of hydrogen-bond donors (Lipinski definition) is 1. The molecule has 130 valence electrons. The van der Waals surface area contributed by atoms with Crippen molar-refractivity contribution < 1.29 is 14.0 Å². The third kappa shape index (κ3) is 6.67. The summed E-state index contributed by atoms with van der Waals surface area (Å²) in [4.78, 5) is 26.0. The minimum atomic E-state index is -0.488. The molecule has 1 unspecified atom stereocenters. The number of nitrogens with two attached hydrogens (primary N) is 1. The molecule has 0 saturated heterocycles. The van der Waals surface area contributed by atoms with Crippen molar-refractivity contribution in [2.24, 2.45) is 17.1 Å². The Labute approximate surface area is 143 Å². The quantitative estimate of drug-likeness (QED) is 0.773. The van der Waals surface area contributed by atoms with Gasteiger partial charge in [-0.1, -0.05) is 32.9 Å². The van der Waals surface area contributed by atoms with Crippen LogP contribution in [0.1, 0.15) is 37.6 Å². The van der Waals surface area contributed by atoms with Crippen LogP contribution in [0.15, 0.2) is 24.3 Å². The zero-order chi connectivity index (χ0) is 16.9. The maximum Gasteiger partial charge on any atom is 0.223 e. The fourth-order valence-corrected chi connectivity index (χ4v) is 2.23. The largest absolute Gasteiger partial charge is 0.345 e. The van der Waals surface area contributed by atoms with Crippen molar-refractivity contribution >= 4 is 24.1 Å². The van der Waals surface area contributed by atoms with E-state index in [9.17, 15) is 14.0 Å². The summed E-state index contributed by atoms with van der Waals surface area (Å²) in [6, 6.07) is 5.54. The van der Waals surface area contributed by atoms with Crippen LogP contribution in [0.3, 0.4) is 0 Å². The summed E-state index contributed by atoms with van der Waals surface area (Å²) in [5, 5.41) is 0. The van der Waals surface area contributed by atoms with Gasteiger partial charge in [0.1, 0.15) is 5.82 Å². The van der Waals surface area contributed by atoms with Gasteiger partial charge in [0.15, 0.2) is 5.78 Å². The van der Waals surface area contributed by atoms with Gasteiger partial charge < -0.3 is 10.6 Å². The monoisotopic (exact) mass is 344 g/mol. The van der Waals surface area contributed by atoms with Crippen LogP contribution in [0.5, 0.6) is 0 Å². The first kappa shape index (κ1) is 21.5. The maximum atomic E-state index is 13.2. The van der Waals surface area contributed by atoms with Crippen LogP contribution in [0, 0.1) is 17.2 Å². The van der Waals surface area contributed by atoms with E-state index in [4.69, 9.17) is 5.73 Å². The van der Waals surface area contributed by atoms with E-state index in [0.717, 1.165) is 0 Å². The summed E-state index contributed by atoms with van der Waals surface area (Å²) >= 11 is 0. The lowest BCUT2D eigenvalue weighted by molar-refractivity contribution is -0.131. The SMILES string of the molecule is CC(CC(=O)N(C)CC(C)(C)CN)C(=O)c1cccc(F)c1.Cl. The lowest BCUT2D eigenvalue weighted by Crippen LogP contribution is -2.40. The van der Waals surface area contributed by atoms with Crippen molar-refractivity contribution in [1.82, 2.24) is 4.90 Å². The van der Waals surface area contributed by atoms with Gasteiger partial charge >= 0.3 is 0 Å². The second kappa shape index (κ2) is 8.99. The summed E-state index contributed by atoms with van der Waals surface area (Å²) < 4.78 is 13.2. The molecule has 0 aliphatic heterocycles. The molecule has 0 heterocycles. The van der Waals surface area contributed by atoms with Gasteiger partial charge in [-0.05, 0) is 24.1 Å². The number of rotatable bonds is 7. The van der Waals surface area contributed by atoms with Gasteiger partial charge in [-0.3, -0.25) is 9.59 Å². The summed E-state index contributed by atoms with van der Waals surface area (Å²) in [5.74, 6) is -1.28. The molecule has 0 aliphatic carbocycles. The standard InChI is InChI=1S/C17H25FN2O2.ClH/c1-12(16(22)13-6-5-7-14(18)9-13)8-15(21)20(4)11-17(2,3)10-19;/h5-7,9,12H,8,10-11,19H2,1-4H3;1H. The van der Waals surface area contributed by atoms with Crippen LogP contribution in [0.4, 0.5) is 4.39 Å². The molecule has 4 nitrogen and oxygen atoms in total. The van der Waals surface area contributed by atoms with Crippen LogP contribution in [0.2, 0.25) is 0 Å². The number of Topliss-reactive ketones (excluding diaryl/α,β-unsaturated/α-hetero) is 1. The average Bonchev–Trinajstić information content (AvgIpc) is 2.45. The smallest absolute Gasteiger partial charge is 0.223 e. The van der Waals surface area contributed by atoms with E-state index in [1.54, 1.807) is 24.9 Å². The molecule has 0 aliphatic rings. The van der Waals surface area contributed by atoms with E-state index in [1.165, 1.54) is 18.2 Å². The molecule has 0 radical (unpaired) electrons. The summed E-state index contributed by atoms with van der Waals surface area (Å²) in [5.41, 5.74) is 5.80. The van der Waals surface area contributed by atoms with Crippen molar-refractivity contribution in [1.29, 1.82) is 0 Å². The van der Waals surface area contributed by atoms with E-state index >= 15 is 0 Å². The lowest BCUT2D eigenvalue weighted by atomic mass is 9.92. The highest BCUT2D eigenvalue weighted by Gasteiger charge is 2.24. The van der Waals surface area contributed by atoms with Crippen molar-refractivity contribution in [2.75, 3.05) is 20.1 Å². The zero-order valence-corrected chi connectivity index (χ0v) is 15.0. The first-order valence-electron chi connectivity index (χ1n) is 7.40. The molecule has 23 heavy (non-hydrogen) atoms. The lowest BCUT2D eigenvalue weighted by Gasteiger charge is -2.29. The number of halogens is 2. The Morgan fingerprint density at radius 2 is 1.96 bits per heavy atom. The number of ketones is 1. The summed E-state index contributed by atoms with van der Waals surface area (Å²) in [7, 11) is 1.71. The van der Waals surface area contributed by atoms with Crippen LogP contribution in [-0.2, 0) is 4.79 Å². The molecule has 0 saturated carbocycles. The van der Waals surface area contributed by atoms with Gasteiger partial charge in [-0.15, -0.1) is 12.4 Å². The van der Waals surface area contributed by atoms with Crippen molar-refractivity contribution in [3.63, 3.8) is 0 Å². The first-order valence-corrected chi connectivity index (χ1v) is 7.40. The number of hydrogen-bond acceptors (Lipinski definition) is 3. The Kier molecular flexibility index (Phi) is 8.42. The molecular formula is C17H26ClFN2O2. The average molecular weight is 345 g/mol. The number of nitrogens with zero attached hydrogens (tertiary/aromatic N) is 1. The summed E-state index contributed by atoms with van der Waals surface area (Å²) in [6.45, 7) is 6.66. The predicted molar refractivity (Wildman–Crippen MR) is 92.2 cm³/mol. The van der Waals surface area contributed by atoms with Gasteiger partial charge in [0.25, 0.3) is 0 Å². The number of carbonyl (C=O) groups is 2. The van der Waals surface area contributed by atoms with Gasteiger partial charge in [-0.25, -0.2) is 4.39 Å². The predicted octanol–water partition coefficient (Wildman–Crippen LogP) is 2.90. The van der Waals surface area contributed by atoms with Crippen LogP contribution < -0.4 is 5.73 Å². The number of amides is 1. The molecule has 0 spiro atoms. The topological polar surface area (TPSA) is 63.4 Å². The fraction of sp³-hybridized carbons (Fsp3) is 0.529. The second-order valence-corrected chi connectivity index (χ2v) is 6.60. The van der Waals surface area contributed by atoms with Gasteiger partial charge in [0.2, 0.25) is 5.91 Å². The van der Waals surface area contributed by atoms with E-state index < -0.39 is 11.7 Å². The molecule has 0 bridgehead atoms. The molecule has 0 aromatic heterocycles. The molecule has 6 heteroatoms. The first-order chi connectivity index (χ1) is 10.2. The summed E-state index contributed by atoms with van der Waals surface area (Å²) in [6.07, 6.45) is 0.104. The van der Waals surface area contributed by atoms with Crippen LogP contribution in [-0.4, -0.2) is 36.7 Å². The van der Waals surface area contributed by atoms with Gasteiger partial charge in [0.05, 0.1) is 0 Å². The van der Waals surface area contributed by atoms with Crippen molar-refractivity contribution in [3.05, 3.63) is 35.6 Å². The highest BCUT2D eigenvalue weighted by atomic mass is 35.5. The van der Waals surface area contributed by atoms with Crippen LogP contribution in [0.25, 0.3) is 0 Å². The number of benzene rings is 1. The molecule has 1 amide bonds. The van der Waals surface area contributed by atoms with E-state index in [1.807, 2.05) is 13.8 Å². The zero-order valence-electron chi connectivity index (χ0n) is 14.1. The molecule has 1 atom stereocenters. The second-order valence-electron chi connectivity index (χ2n) is 6.60. The molecular weight excluding hydrogens is 319 g/mol. The molecule has 1 aromatic rings.